The Morgan fingerprint density at radius 3 is 2.95 bits per heavy atom. The summed E-state index contributed by atoms with van der Waals surface area (Å²) < 4.78 is 8.47. The van der Waals surface area contributed by atoms with Crippen molar-refractivity contribution in [3.05, 3.63) is 39.1 Å². The maximum Gasteiger partial charge on any atom is 0.178 e. The molecule has 1 atom stereocenters. The molecule has 3 rings (SSSR count). The van der Waals surface area contributed by atoms with Crippen LogP contribution in [0.15, 0.2) is 23.6 Å². The Balaban J connectivity index is 2.16. The van der Waals surface area contributed by atoms with Crippen molar-refractivity contribution in [1.82, 2.24) is 14.5 Å². The van der Waals surface area contributed by atoms with Crippen LogP contribution in [0.2, 0.25) is 0 Å². The molecule has 1 N–H and O–H groups in total. The van der Waals surface area contributed by atoms with E-state index in [1.54, 1.807) is 11.3 Å². The second kappa shape index (κ2) is 5.61. The summed E-state index contributed by atoms with van der Waals surface area (Å²) in [5.74, 6) is 0.836. The number of para-hydroxylation sites is 1. The molecule has 0 spiro atoms. The summed E-state index contributed by atoms with van der Waals surface area (Å²) >= 11 is 7.17. The molecule has 0 aliphatic rings. The predicted octanol–water partition coefficient (Wildman–Crippen LogP) is 4.47. The molecular weight excluding hydrogens is 302 g/mol. The number of aromatic amines is 1. The number of rotatable bonds is 4. The Labute approximate surface area is 132 Å². The fourth-order valence-corrected chi connectivity index (χ4v) is 3.66. The number of benzene rings is 1. The first-order valence-electron chi connectivity index (χ1n) is 6.90. The molecule has 0 aliphatic heterocycles. The van der Waals surface area contributed by atoms with Gasteiger partial charge in [0.05, 0.1) is 18.2 Å². The lowest BCUT2D eigenvalue weighted by atomic mass is 10.2. The van der Waals surface area contributed by atoms with E-state index in [4.69, 9.17) is 17.0 Å². The number of imidazole rings is 1. The molecule has 6 heteroatoms. The number of thiazole rings is 1. The van der Waals surface area contributed by atoms with Crippen molar-refractivity contribution in [2.75, 3.05) is 6.61 Å². The van der Waals surface area contributed by atoms with Gasteiger partial charge < -0.3 is 14.3 Å². The first-order valence-corrected chi connectivity index (χ1v) is 8.18. The van der Waals surface area contributed by atoms with Crippen molar-refractivity contribution in [2.45, 2.75) is 26.8 Å². The summed E-state index contributed by atoms with van der Waals surface area (Å²) in [5.41, 5.74) is 3.04. The van der Waals surface area contributed by atoms with Crippen LogP contribution in [-0.4, -0.2) is 21.1 Å². The summed E-state index contributed by atoms with van der Waals surface area (Å²) in [4.78, 5) is 7.85. The minimum absolute atomic E-state index is 0.0989. The fourth-order valence-electron chi connectivity index (χ4n) is 2.46. The molecule has 0 aliphatic carbocycles. The van der Waals surface area contributed by atoms with E-state index >= 15 is 0 Å². The third-order valence-corrected chi connectivity index (χ3v) is 4.83. The molecule has 2 heterocycles. The highest BCUT2D eigenvalue weighted by atomic mass is 32.1. The lowest BCUT2D eigenvalue weighted by Crippen LogP contribution is -2.06. The average molecular weight is 319 g/mol. The predicted molar refractivity (Wildman–Crippen MR) is 89.0 cm³/mol. The van der Waals surface area contributed by atoms with Crippen LogP contribution in [0.3, 0.4) is 0 Å². The topological polar surface area (TPSA) is 42.8 Å². The van der Waals surface area contributed by atoms with Gasteiger partial charge in [-0.1, -0.05) is 6.07 Å². The van der Waals surface area contributed by atoms with Crippen LogP contribution >= 0.6 is 23.6 Å². The molecule has 2 aromatic heterocycles. The van der Waals surface area contributed by atoms with E-state index in [0.717, 1.165) is 27.5 Å². The highest BCUT2D eigenvalue weighted by Gasteiger charge is 2.17. The minimum Gasteiger partial charge on any atom is -0.492 e. The lowest BCUT2D eigenvalue weighted by molar-refractivity contribution is 0.343. The van der Waals surface area contributed by atoms with Crippen molar-refractivity contribution in [3.8, 4) is 5.75 Å². The second-order valence-electron chi connectivity index (χ2n) is 4.89. The molecule has 0 saturated heterocycles. The first kappa shape index (κ1) is 14.3. The summed E-state index contributed by atoms with van der Waals surface area (Å²) in [7, 11) is 0. The maximum atomic E-state index is 5.67. The molecule has 110 valence electrons. The summed E-state index contributed by atoms with van der Waals surface area (Å²) in [6.07, 6.45) is 0. The molecule has 3 aromatic rings. The lowest BCUT2D eigenvalue weighted by Gasteiger charge is -2.12. The number of nitrogens with one attached hydrogen (secondary N) is 1. The summed E-state index contributed by atoms with van der Waals surface area (Å²) in [6.45, 7) is 6.74. The van der Waals surface area contributed by atoms with Gasteiger partial charge in [0.1, 0.15) is 16.3 Å². The van der Waals surface area contributed by atoms with E-state index in [-0.39, 0.29) is 6.04 Å². The number of aryl methyl sites for hydroxylation is 1. The van der Waals surface area contributed by atoms with Gasteiger partial charge in [-0.15, -0.1) is 11.3 Å². The quantitative estimate of drug-likeness (QED) is 0.721. The van der Waals surface area contributed by atoms with Gasteiger partial charge in [0.15, 0.2) is 4.77 Å². The fraction of sp³-hybridized carbons (Fsp3) is 0.333. The number of hydrogen-bond donors (Lipinski definition) is 1. The van der Waals surface area contributed by atoms with Gasteiger partial charge in [-0.25, -0.2) is 4.98 Å². The van der Waals surface area contributed by atoms with Crippen LogP contribution in [-0.2, 0) is 0 Å². The zero-order chi connectivity index (χ0) is 15.0. The van der Waals surface area contributed by atoms with Crippen LogP contribution in [0.1, 0.15) is 30.6 Å². The SMILES string of the molecule is CCOc1cccc2c1[nH]c(=S)n2C(C)c1nc(C)cs1. The highest BCUT2D eigenvalue weighted by molar-refractivity contribution is 7.71. The van der Waals surface area contributed by atoms with Gasteiger partial charge in [0.2, 0.25) is 0 Å². The molecule has 0 radical (unpaired) electrons. The Morgan fingerprint density at radius 2 is 2.29 bits per heavy atom. The van der Waals surface area contributed by atoms with Gasteiger partial charge in [0.25, 0.3) is 0 Å². The number of hydrogen-bond acceptors (Lipinski definition) is 4. The Hall–Kier alpha value is -1.66. The summed E-state index contributed by atoms with van der Waals surface area (Å²) in [5, 5.41) is 3.13. The molecule has 4 nitrogen and oxygen atoms in total. The molecular formula is C15H17N3OS2. The number of fused-ring (bicyclic) bond motifs is 1. The maximum absolute atomic E-state index is 5.67. The smallest absolute Gasteiger partial charge is 0.178 e. The van der Waals surface area contributed by atoms with Crippen LogP contribution < -0.4 is 4.74 Å². The Kier molecular flexibility index (Phi) is 3.82. The van der Waals surface area contributed by atoms with E-state index in [1.807, 2.05) is 26.0 Å². The van der Waals surface area contributed by atoms with E-state index in [2.05, 4.69) is 32.9 Å². The molecule has 0 amide bonds. The highest BCUT2D eigenvalue weighted by Crippen LogP contribution is 2.30. The van der Waals surface area contributed by atoms with E-state index < -0.39 is 0 Å². The Morgan fingerprint density at radius 1 is 1.48 bits per heavy atom. The molecule has 0 bridgehead atoms. The number of H-pyrrole nitrogens is 1. The molecule has 0 saturated carbocycles. The number of nitrogens with zero attached hydrogens (tertiary/aromatic N) is 2. The van der Waals surface area contributed by atoms with E-state index in [1.165, 1.54) is 0 Å². The van der Waals surface area contributed by atoms with Gasteiger partial charge in [-0.2, -0.15) is 0 Å². The van der Waals surface area contributed by atoms with Crippen molar-refractivity contribution in [3.63, 3.8) is 0 Å². The van der Waals surface area contributed by atoms with Gasteiger partial charge in [-0.3, -0.25) is 0 Å². The van der Waals surface area contributed by atoms with Crippen LogP contribution in [0.4, 0.5) is 0 Å². The zero-order valence-corrected chi connectivity index (χ0v) is 13.8. The normalized spacial score (nSPS) is 12.7. The first-order chi connectivity index (χ1) is 10.1. The number of aromatic nitrogens is 3. The van der Waals surface area contributed by atoms with Gasteiger partial charge >= 0.3 is 0 Å². The largest absolute Gasteiger partial charge is 0.492 e. The minimum atomic E-state index is 0.0989. The number of ether oxygens (including phenoxy) is 1. The standard InChI is InChI=1S/C15H17N3OS2/c1-4-19-12-7-5-6-11-13(12)17-15(20)18(11)10(3)14-16-9(2)8-21-14/h5-8,10H,4H2,1-3H3,(H,17,20). The third-order valence-electron chi connectivity index (χ3n) is 3.40. The molecule has 0 fully saturated rings. The van der Waals surface area contributed by atoms with Crippen LogP contribution in [0.5, 0.6) is 5.75 Å². The molecule has 21 heavy (non-hydrogen) atoms. The average Bonchev–Trinajstić information content (AvgIpc) is 3.02. The van der Waals surface area contributed by atoms with E-state index in [9.17, 15) is 0 Å². The Bertz CT molecular complexity index is 831. The second-order valence-corrected chi connectivity index (χ2v) is 6.16. The monoisotopic (exact) mass is 319 g/mol. The van der Waals surface area contributed by atoms with E-state index in [0.29, 0.717) is 11.4 Å². The van der Waals surface area contributed by atoms with Gasteiger partial charge in [-0.05, 0) is 45.1 Å². The van der Waals surface area contributed by atoms with Crippen LogP contribution in [0.25, 0.3) is 11.0 Å². The van der Waals surface area contributed by atoms with Gasteiger partial charge in [0, 0.05) is 11.1 Å². The van der Waals surface area contributed by atoms with Crippen molar-refractivity contribution < 1.29 is 4.74 Å². The zero-order valence-electron chi connectivity index (χ0n) is 12.2. The molecule has 1 unspecified atom stereocenters. The van der Waals surface area contributed by atoms with Crippen molar-refractivity contribution >= 4 is 34.6 Å². The van der Waals surface area contributed by atoms with Crippen LogP contribution in [0, 0.1) is 11.7 Å². The van der Waals surface area contributed by atoms with Crippen molar-refractivity contribution in [2.24, 2.45) is 0 Å². The third kappa shape index (κ3) is 2.49. The van der Waals surface area contributed by atoms with Crippen molar-refractivity contribution in [1.29, 1.82) is 0 Å². The summed E-state index contributed by atoms with van der Waals surface area (Å²) in [6, 6.07) is 6.11. The molecule has 1 aromatic carbocycles.